The van der Waals surface area contributed by atoms with E-state index < -0.39 is 0 Å². The van der Waals surface area contributed by atoms with Gasteiger partial charge in [0.05, 0.1) is 6.20 Å². The van der Waals surface area contributed by atoms with Gasteiger partial charge in [0, 0.05) is 5.56 Å². The van der Waals surface area contributed by atoms with Crippen molar-refractivity contribution in [1.82, 2.24) is 5.16 Å². The molecule has 0 unspecified atom stereocenters. The van der Waals surface area contributed by atoms with Crippen LogP contribution in [0.4, 0.5) is 5.69 Å². The first-order valence-corrected chi connectivity index (χ1v) is 4.13. The minimum absolute atomic E-state index is 0.152. The lowest BCUT2D eigenvalue weighted by Crippen LogP contribution is -1.73. The molecule has 0 amide bonds. The van der Waals surface area contributed by atoms with Crippen molar-refractivity contribution < 1.29 is 14.4 Å². The summed E-state index contributed by atoms with van der Waals surface area (Å²) < 4.78 is 4.94. The molecule has 1 aromatic heterocycles. The third kappa shape index (κ3) is 1.77. The normalized spacial score (nSPS) is 9.60. The molecule has 1 N–H and O–H groups in total. The van der Waals surface area contributed by atoms with E-state index in [1.54, 1.807) is 12.1 Å². The van der Waals surface area contributed by atoms with Crippen molar-refractivity contribution in [3.05, 3.63) is 30.5 Å². The number of rotatable bonds is 2. The Hall–Kier alpha value is -2.39. The molecule has 2 aromatic rings. The first kappa shape index (κ1) is 9.18. The van der Waals surface area contributed by atoms with Crippen LogP contribution in [0.2, 0.25) is 0 Å². The van der Waals surface area contributed by atoms with E-state index in [9.17, 15) is 4.79 Å². The Labute approximate surface area is 84.7 Å². The summed E-state index contributed by atoms with van der Waals surface area (Å²) in [5.74, 6) is 0.525. The number of isocyanates is 1. The van der Waals surface area contributed by atoms with Crippen LogP contribution in [0.3, 0.4) is 0 Å². The summed E-state index contributed by atoms with van der Waals surface area (Å²) in [5.41, 5.74) is 0.995. The molecule has 0 aliphatic heterocycles. The van der Waals surface area contributed by atoms with Crippen LogP contribution >= 0.6 is 0 Å². The van der Waals surface area contributed by atoms with Gasteiger partial charge in [0.15, 0.2) is 5.76 Å². The molecule has 0 saturated carbocycles. The van der Waals surface area contributed by atoms with E-state index in [0.29, 0.717) is 17.0 Å². The van der Waals surface area contributed by atoms with Gasteiger partial charge in [0.1, 0.15) is 11.4 Å². The van der Waals surface area contributed by atoms with Crippen molar-refractivity contribution in [2.75, 3.05) is 0 Å². The molecule has 74 valence electrons. The summed E-state index contributed by atoms with van der Waals surface area (Å²) in [6.07, 6.45) is 2.74. The number of benzene rings is 1. The maximum Gasteiger partial charge on any atom is 0.240 e. The lowest BCUT2D eigenvalue weighted by atomic mass is 10.1. The number of aliphatic imine (C=N–C) groups is 1. The average molecular weight is 202 g/mol. The van der Waals surface area contributed by atoms with Crippen molar-refractivity contribution in [1.29, 1.82) is 0 Å². The van der Waals surface area contributed by atoms with E-state index in [2.05, 4.69) is 10.1 Å². The zero-order chi connectivity index (χ0) is 10.7. The number of phenols is 1. The molecular formula is C10H6N2O3. The number of nitrogens with zero attached hydrogens (tertiary/aromatic N) is 2. The largest absolute Gasteiger partial charge is 0.508 e. The molecular weight excluding hydrogens is 196 g/mol. The van der Waals surface area contributed by atoms with Crippen LogP contribution in [0.5, 0.6) is 5.75 Å². The van der Waals surface area contributed by atoms with E-state index >= 15 is 0 Å². The molecule has 15 heavy (non-hydrogen) atoms. The highest BCUT2D eigenvalue weighted by molar-refractivity contribution is 5.71. The predicted octanol–water partition coefficient (Wildman–Crippen LogP) is 2.01. The third-order valence-electron chi connectivity index (χ3n) is 1.85. The summed E-state index contributed by atoms with van der Waals surface area (Å²) >= 11 is 0. The Kier molecular flexibility index (Phi) is 2.31. The van der Waals surface area contributed by atoms with Gasteiger partial charge in [-0.3, -0.25) is 0 Å². The molecule has 0 aliphatic rings. The molecule has 0 aliphatic carbocycles. The zero-order valence-electron chi connectivity index (χ0n) is 7.54. The van der Waals surface area contributed by atoms with Gasteiger partial charge in [-0.05, 0) is 24.3 Å². The minimum Gasteiger partial charge on any atom is -0.508 e. The van der Waals surface area contributed by atoms with Crippen LogP contribution < -0.4 is 0 Å². The monoisotopic (exact) mass is 202 g/mol. The van der Waals surface area contributed by atoms with Gasteiger partial charge < -0.3 is 9.63 Å². The second kappa shape index (κ2) is 3.77. The number of aromatic nitrogens is 1. The number of carbonyl (C=O) groups excluding carboxylic acids is 1. The summed E-state index contributed by atoms with van der Waals surface area (Å²) in [6.45, 7) is 0. The number of aromatic hydroxyl groups is 1. The standard InChI is InChI=1S/C10H6N2O3/c13-6-11-9-5-12-15-10(9)7-1-3-8(14)4-2-7/h1-5,14H. The van der Waals surface area contributed by atoms with Crippen molar-refractivity contribution in [3.8, 4) is 17.1 Å². The molecule has 2 rings (SSSR count). The molecule has 0 saturated heterocycles. The third-order valence-corrected chi connectivity index (χ3v) is 1.85. The van der Waals surface area contributed by atoms with Gasteiger partial charge in [0.2, 0.25) is 6.08 Å². The first-order valence-electron chi connectivity index (χ1n) is 4.13. The van der Waals surface area contributed by atoms with Crippen LogP contribution in [0, 0.1) is 0 Å². The fourth-order valence-electron chi connectivity index (χ4n) is 1.18. The highest BCUT2D eigenvalue weighted by Crippen LogP contribution is 2.30. The van der Waals surface area contributed by atoms with E-state index in [4.69, 9.17) is 9.63 Å². The quantitative estimate of drug-likeness (QED) is 0.597. The Bertz CT molecular complexity index is 510. The second-order valence-electron chi connectivity index (χ2n) is 2.79. The van der Waals surface area contributed by atoms with Gasteiger partial charge in [0.25, 0.3) is 0 Å². The van der Waals surface area contributed by atoms with Crippen LogP contribution in [0.25, 0.3) is 11.3 Å². The molecule has 0 atom stereocenters. The molecule has 0 spiro atoms. The SMILES string of the molecule is O=C=Nc1cnoc1-c1ccc(O)cc1. The summed E-state index contributed by atoms with van der Waals surface area (Å²) in [5, 5.41) is 12.6. The van der Waals surface area contributed by atoms with Gasteiger partial charge in [-0.2, -0.15) is 4.99 Å². The predicted molar refractivity (Wildman–Crippen MR) is 51.4 cm³/mol. The molecule has 0 fully saturated rings. The van der Waals surface area contributed by atoms with Gasteiger partial charge in [-0.1, -0.05) is 5.16 Å². The van der Waals surface area contributed by atoms with E-state index in [-0.39, 0.29) is 5.75 Å². The fourth-order valence-corrected chi connectivity index (χ4v) is 1.18. The maximum absolute atomic E-state index is 10.1. The van der Waals surface area contributed by atoms with Crippen molar-refractivity contribution in [2.24, 2.45) is 4.99 Å². The summed E-state index contributed by atoms with van der Waals surface area (Å²) in [4.78, 5) is 13.5. The van der Waals surface area contributed by atoms with Crippen molar-refractivity contribution >= 4 is 11.8 Å². The number of hydrogen-bond acceptors (Lipinski definition) is 5. The van der Waals surface area contributed by atoms with Crippen LogP contribution in [0.15, 0.2) is 40.0 Å². The Morgan fingerprint density at radius 2 is 2.07 bits per heavy atom. The zero-order valence-corrected chi connectivity index (χ0v) is 7.54. The molecule has 0 bridgehead atoms. The molecule has 0 radical (unpaired) electrons. The molecule has 5 nitrogen and oxygen atoms in total. The fraction of sp³-hybridized carbons (Fsp3) is 0. The smallest absolute Gasteiger partial charge is 0.240 e. The van der Waals surface area contributed by atoms with E-state index in [1.807, 2.05) is 0 Å². The highest BCUT2D eigenvalue weighted by Gasteiger charge is 2.09. The van der Waals surface area contributed by atoms with E-state index in [0.717, 1.165) is 0 Å². The van der Waals surface area contributed by atoms with Crippen LogP contribution in [-0.2, 0) is 4.79 Å². The van der Waals surface area contributed by atoms with Gasteiger partial charge in [-0.25, -0.2) is 4.79 Å². The average Bonchev–Trinajstić information content (AvgIpc) is 2.68. The van der Waals surface area contributed by atoms with Crippen LogP contribution in [0.1, 0.15) is 0 Å². The molecule has 5 heteroatoms. The highest BCUT2D eigenvalue weighted by atomic mass is 16.5. The van der Waals surface area contributed by atoms with Crippen molar-refractivity contribution in [2.45, 2.75) is 0 Å². The van der Waals surface area contributed by atoms with Gasteiger partial charge in [-0.15, -0.1) is 0 Å². The Balaban J connectivity index is 2.49. The number of phenolic OH excluding ortho intramolecular Hbond substituents is 1. The Morgan fingerprint density at radius 3 is 2.73 bits per heavy atom. The Morgan fingerprint density at radius 1 is 1.33 bits per heavy atom. The molecule has 1 aromatic carbocycles. The minimum atomic E-state index is 0.152. The van der Waals surface area contributed by atoms with Gasteiger partial charge >= 0.3 is 0 Å². The topological polar surface area (TPSA) is 75.7 Å². The van der Waals surface area contributed by atoms with Crippen molar-refractivity contribution in [3.63, 3.8) is 0 Å². The molecule has 1 heterocycles. The summed E-state index contributed by atoms with van der Waals surface area (Å²) in [7, 11) is 0. The summed E-state index contributed by atoms with van der Waals surface area (Å²) in [6, 6.07) is 6.29. The maximum atomic E-state index is 10.1. The second-order valence-corrected chi connectivity index (χ2v) is 2.79. The lowest BCUT2D eigenvalue weighted by molar-refractivity contribution is 0.432. The lowest BCUT2D eigenvalue weighted by Gasteiger charge is -1.96. The number of hydrogen-bond donors (Lipinski definition) is 1. The van der Waals surface area contributed by atoms with E-state index in [1.165, 1.54) is 24.4 Å². The van der Waals surface area contributed by atoms with Crippen LogP contribution in [-0.4, -0.2) is 16.3 Å². The first-order chi connectivity index (χ1) is 7.31.